The summed E-state index contributed by atoms with van der Waals surface area (Å²) in [5.74, 6) is -0.581. The number of amides is 1. The first-order valence-electron chi connectivity index (χ1n) is 8.06. The number of piperidine rings is 1. The molecule has 0 spiro atoms. The Morgan fingerprint density at radius 3 is 2.69 bits per heavy atom. The highest BCUT2D eigenvalue weighted by Gasteiger charge is 2.89. The Hall–Kier alpha value is -2.25. The van der Waals surface area contributed by atoms with E-state index < -0.39 is 26.2 Å². The number of nitro groups is 1. The summed E-state index contributed by atoms with van der Waals surface area (Å²) in [6.45, 7) is 1.74. The summed E-state index contributed by atoms with van der Waals surface area (Å²) in [4.78, 5) is 23.6. The van der Waals surface area contributed by atoms with Crippen LogP contribution in [0.2, 0.25) is 5.02 Å². The molecule has 2 bridgehead atoms. The van der Waals surface area contributed by atoms with E-state index in [0.29, 0.717) is 21.9 Å². The second-order valence-electron chi connectivity index (χ2n) is 6.88. The molecule has 4 atom stereocenters. The van der Waals surface area contributed by atoms with Crippen molar-refractivity contribution in [2.45, 2.75) is 28.2 Å². The van der Waals surface area contributed by atoms with Gasteiger partial charge >= 0.3 is 5.72 Å². The van der Waals surface area contributed by atoms with Crippen molar-refractivity contribution in [2.75, 3.05) is 0 Å². The van der Waals surface area contributed by atoms with Crippen molar-refractivity contribution in [2.24, 2.45) is 0 Å². The van der Waals surface area contributed by atoms with E-state index in [1.54, 1.807) is 49.4 Å². The van der Waals surface area contributed by atoms with Gasteiger partial charge in [0.1, 0.15) is 16.4 Å². The molecule has 6 nitrogen and oxygen atoms in total. The highest BCUT2D eigenvalue weighted by atomic mass is 35.5. The van der Waals surface area contributed by atoms with Crippen LogP contribution in [0.15, 0.2) is 48.5 Å². The Bertz CT molecular complexity index is 986. The number of nitrogens with one attached hydrogen (secondary N) is 1. The molecule has 1 amide bonds. The first-order chi connectivity index (χ1) is 12.3. The lowest BCUT2D eigenvalue weighted by Crippen LogP contribution is -2.68. The Morgan fingerprint density at radius 1 is 1.27 bits per heavy atom. The molecular formula is C18H13ClN2O4S. The van der Waals surface area contributed by atoms with Gasteiger partial charge in [0.2, 0.25) is 10.8 Å². The van der Waals surface area contributed by atoms with Crippen LogP contribution in [0.4, 0.5) is 0 Å². The zero-order valence-corrected chi connectivity index (χ0v) is 15.1. The zero-order valence-electron chi connectivity index (χ0n) is 13.6. The van der Waals surface area contributed by atoms with E-state index in [0.717, 1.165) is 0 Å². The van der Waals surface area contributed by atoms with Gasteiger partial charge in [-0.05, 0) is 30.7 Å². The van der Waals surface area contributed by atoms with Gasteiger partial charge in [-0.15, -0.1) is 0 Å². The number of hydrogen-bond acceptors (Lipinski definition) is 5. The largest absolute Gasteiger partial charge is 0.424 e. The monoisotopic (exact) mass is 388 g/mol. The minimum Gasteiger partial charge on any atom is -0.424 e. The molecule has 26 heavy (non-hydrogen) atoms. The minimum absolute atomic E-state index is 0.231. The van der Waals surface area contributed by atoms with Crippen LogP contribution >= 0.6 is 23.4 Å². The number of nitrogens with zero attached hydrogens (tertiary/aromatic N) is 1. The van der Waals surface area contributed by atoms with Crippen LogP contribution in [0.5, 0.6) is 5.75 Å². The SMILES string of the molecule is C[C@@]12S[C@@](c3ccccc3)(NC1=O)[C@]1([N+](=O)[O-])Oc3ccc(Cl)cc3[C@H]21. The maximum atomic E-state index is 12.9. The van der Waals surface area contributed by atoms with E-state index in [-0.39, 0.29) is 5.91 Å². The summed E-state index contributed by atoms with van der Waals surface area (Å²) in [5, 5.41) is 15.8. The van der Waals surface area contributed by atoms with Crippen molar-refractivity contribution in [1.29, 1.82) is 0 Å². The molecule has 132 valence electrons. The molecule has 0 aromatic heterocycles. The summed E-state index contributed by atoms with van der Waals surface area (Å²) in [5.41, 5.74) is -0.591. The fourth-order valence-corrected chi connectivity index (χ4v) is 6.67. The summed E-state index contributed by atoms with van der Waals surface area (Å²) >= 11 is 7.40. The van der Waals surface area contributed by atoms with Crippen LogP contribution in [0, 0.1) is 10.1 Å². The third kappa shape index (κ3) is 1.55. The molecule has 0 aliphatic carbocycles. The maximum Gasteiger partial charge on any atom is 0.408 e. The molecule has 3 aliphatic rings. The number of benzene rings is 2. The lowest BCUT2D eigenvalue weighted by molar-refractivity contribution is -0.627. The van der Waals surface area contributed by atoms with Crippen molar-refractivity contribution in [1.82, 2.24) is 5.32 Å². The number of halogens is 1. The highest BCUT2D eigenvalue weighted by Crippen LogP contribution is 2.74. The van der Waals surface area contributed by atoms with Crippen LogP contribution in [0.25, 0.3) is 0 Å². The van der Waals surface area contributed by atoms with Gasteiger partial charge in [-0.25, -0.2) is 0 Å². The standard InChI is InChI=1S/C18H13ClN2O4S/c1-16-14-12-9-11(19)7-8-13(12)25-18(14,21(23)24)17(26-16,20-15(16)22)10-5-3-2-4-6-10/h2-9,14H,1H3,(H,20,22)/t14-,16+,17-,18-/m1/s1. The molecule has 3 aliphatic heterocycles. The van der Waals surface area contributed by atoms with E-state index >= 15 is 0 Å². The van der Waals surface area contributed by atoms with Crippen LogP contribution in [-0.2, 0) is 9.67 Å². The topological polar surface area (TPSA) is 81.5 Å². The summed E-state index contributed by atoms with van der Waals surface area (Å²) in [6, 6.07) is 13.9. The molecule has 0 unspecified atom stereocenters. The maximum absolute atomic E-state index is 12.9. The second-order valence-corrected chi connectivity index (χ2v) is 8.98. The predicted octanol–water partition coefficient (Wildman–Crippen LogP) is 3.28. The van der Waals surface area contributed by atoms with Gasteiger partial charge in [-0.1, -0.05) is 53.7 Å². The zero-order chi connectivity index (χ0) is 18.3. The van der Waals surface area contributed by atoms with E-state index in [1.807, 2.05) is 6.07 Å². The average molecular weight is 389 g/mol. The van der Waals surface area contributed by atoms with Gasteiger partial charge in [-0.2, -0.15) is 0 Å². The Labute approximate surface area is 158 Å². The molecule has 0 radical (unpaired) electrons. The average Bonchev–Trinajstić information content (AvgIpc) is 3.18. The van der Waals surface area contributed by atoms with Crippen molar-refractivity contribution in [3.63, 3.8) is 0 Å². The van der Waals surface area contributed by atoms with Crippen molar-refractivity contribution in [3.8, 4) is 5.75 Å². The number of fused-ring (bicyclic) bond motifs is 7. The highest BCUT2D eigenvalue weighted by molar-refractivity contribution is 8.03. The number of thioether (sulfide) groups is 1. The number of ether oxygens (including phenoxy) is 1. The lowest BCUT2D eigenvalue weighted by atomic mass is 9.72. The molecular weight excluding hydrogens is 376 g/mol. The van der Waals surface area contributed by atoms with Crippen LogP contribution < -0.4 is 10.1 Å². The molecule has 8 heteroatoms. The van der Waals surface area contributed by atoms with E-state index in [9.17, 15) is 14.9 Å². The van der Waals surface area contributed by atoms with Crippen molar-refractivity contribution in [3.05, 3.63) is 74.8 Å². The number of carbonyl (C=O) groups excluding carboxylic acids is 1. The smallest absolute Gasteiger partial charge is 0.408 e. The summed E-state index contributed by atoms with van der Waals surface area (Å²) in [6.07, 6.45) is 0. The number of carbonyl (C=O) groups is 1. The molecule has 1 N–H and O–H groups in total. The van der Waals surface area contributed by atoms with E-state index in [2.05, 4.69) is 5.32 Å². The second kappa shape index (κ2) is 4.72. The molecule has 3 heterocycles. The van der Waals surface area contributed by atoms with Crippen molar-refractivity contribution < 1.29 is 14.5 Å². The van der Waals surface area contributed by atoms with Crippen molar-refractivity contribution >= 4 is 29.3 Å². The molecule has 2 aromatic rings. The number of hydrogen-bond donors (Lipinski definition) is 1. The first-order valence-corrected chi connectivity index (χ1v) is 9.26. The molecule has 2 aromatic carbocycles. The van der Waals surface area contributed by atoms with Gasteiger partial charge < -0.3 is 10.1 Å². The molecule has 5 rings (SSSR count). The summed E-state index contributed by atoms with van der Waals surface area (Å²) in [7, 11) is 0. The Morgan fingerprint density at radius 2 is 2.00 bits per heavy atom. The third-order valence-corrected chi connectivity index (χ3v) is 7.57. The predicted molar refractivity (Wildman–Crippen MR) is 96.8 cm³/mol. The normalized spacial score (nSPS) is 36.2. The summed E-state index contributed by atoms with van der Waals surface area (Å²) < 4.78 is 5.00. The van der Waals surface area contributed by atoms with E-state index in [4.69, 9.17) is 16.3 Å². The van der Waals surface area contributed by atoms with Crippen LogP contribution in [0.1, 0.15) is 24.0 Å². The van der Waals surface area contributed by atoms with Crippen LogP contribution in [-0.4, -0.2) is 21.3 Å². The molecule has 0 saturated carbocycles. The lowest BCUT2D eigenvalue weighted by Gasteiger charge is -2.38. The Balaban J connectivity index is 1.85. The van der Waals surface area contributed by atoms with Gasteiger partial charge in [0, 0.05) is 10.6 Å². The Kier molecular flexibility index (Phi) is 2.90. The number of rotatable bonds is 2. The van der Waals surface area contributed by atoms with Gasteiger partial charge in [0.05, 0.1) is 4.92 Å². The van der Waals surface area contributed by atoms with Crippen LogP contribution in [0.3, 0.4) is 0 Å². The quantitative estimate of drug-likeness (QED) is 0.630. The first kappa shape index (κ1) is 16.0. The van der Waals surface area contributed by atoms with Gasteiger partial charge in [0.25, 0.3) is 0 Å². The van der Waals surface area contributed by atoms with Gasteiger partial charge in [-0.3, -0.25) is 14.9 Å². The molecule has 2 fully saturated rings. The fraction of sp³-hybridized carbons (Fsp3) is 0.278. The van der Waals surface area contributed by atoms with E-state index in [1.165, 1.54) is 11.8 Å². The molecule has 2 saturated heterocycles. The van der Waals surface area contributed by atoms with Gasteiger partial charge in [0.15, 0.2) is 0 Å². The third-order valence-electron chi connectivity index (χ3n) is 5.55. The fourth-order valence-electron chi connectivity index (χ4n) is 4.53. The minimum atomic E-state index is -1.84.